The van der Waals surface area contributed by atoms with Crippen molar-refractivity contribution in [2.24, 2.45) is 0 Å². The molecule has 1 aromatic heterocycles. The zero-order valence-corrected chi connectivity index (χ0v) is 11.9. The van der Waals surface area contributed by atoms with Crippen molar-refractivity contribution in [3.8, 4) is 23.7 Å². The van der Waals surface area contributed by atoms with E-state index in [0.29, 0.717) is 11.5 Å². The average Bonchev–Trinajstić information content (AvgIpc) is 2.95. The van der Waals surface area contributed by atoms with E-state index in [4.69, 9.17) is 10.00 Å². The molecule has 0 spiro atoms. The second-order valence-electron chi connectivity index (χ2n) is 3.93. The summed E-state index contributed by atoms with van der Waals surface area (Å²) in [5.41, 5.74) is 0.926. The highest BCUT2D eigenvalue weighted by atomic mass is 32.1. The zero-order chi connectivity index (χ0) is 14.2. The summed E-state index contributed by atoms with van der Waals surface area (Å²) in [5.74, 6) is 6.96. The highest BCUT2D eigenvalue weighted by Crippen LogP contribution is 2.15. The molecule has 0 fully saturated rings. The number of hydrogen-bond acceptors (Lipinski definition) is 3. The Bertz CT molecular complexity index is 693. The SMILES string of the molecule is C/C=C/COc1ccc(C#Cc2ccc(C#N)s2)cc1. The Balaban J connectivity index is 2.02. The first kappa shape index (κ1) is 13.9. The lowest BCUT2D eigenvalue weighted by Gasteiger charge is -2.02. The molecule has 0 amide bonds. The van der Waals surface area contributed by atoms with Gasteiger partial charge in [-0.25, -0.2) is 0 Å². The number of ether oxygens (including phenoxy) is 1. The van der Waals surface area contributed by atoms with Gasteiger partial charge in [0.15, 0.2) is 0 Å². The van der Waals surface area contributed by atoms with Gasteiger partial charge in [0.1, 0.15) is 23.3 Å². The zero-order valence-electron chi connectivity index (χ0n) is 11.1. The van der Waals surface area contributed by atoms with E-state index in [0.717, 1.165) is 16.2 Å². The number of allylic oxidation sites excluding steroid dienone is 1. The smallest absolute Gasteiger partial charge is 0.119 e. The molecule has 0 bridgehead atoms. The highest BCUT2D eigenvalue weighted by molar-refractivity contribution is 7.13. The van der Waals surface area contributed by atoms with Crippen LogP contribution >= 0.6 is 11.3 Å². The molecule has 1 heterocycles. The lowest BCUT2D eigenvalue weighted by atomic mass is 10.2. The van der Waals surface area contributed by atoms with Gasteiger partial charge in [0.25, 0.3) is 0 Å². The lowest BCUT2D eigenvalue weighted by molar-refractivity contribution is 0.362. The van der Waals surface area contributed by atoms with Crippen LogP contribution in [0.5, 0.6) is 5.75 Å². The number of benzene rings is 1. The summed E-state index contributed by atoms with van der Waals surface area (Å²) in [7, 11) is 0. The third-order valence-corrected chi connectivity index (χ3v) is 3.39. The average molecular weight is 279 g/mol. The summed E-state index contributed by atoms with van der Waals surface area (Å²) < 4.78 is 5.51. The van der Waals surface area contributed by atoms with Gasteiger partial charge in [-0.2, -0.15) is 5.26 Å². The van der Waals surface area contributed by atoms with Gasteiger partial charge in [-0.3, -0.25) is 0 Å². The van der Waals surface area contributed by atoms with Crippen LogP contribution in [0.25, 0.3) is 0 Å². The quantitative estimate of drug-likeness (QED) is 0.629. The summed E-state index contributed by atoms with van der Waals surface area (Å²) in [6, 6.07) is 13.4. The Morgan fingerprint density at radius 1 is 1.10 bits per heavy atom. The summed E-state index contributed by atoms with van der Waals surface area (Å²) >= 11 is 1.40. The maximum Gasteiger partial charge on any atom is 0.119 e. The van der Waals surface area contributed by atoms with Crippen LogP contribution in [0.3, 0.4) is 0 Å². The molecule has 2 aromatic rings. The highest BCUT2D eigenvalue weighted by Gasteiger charge is 1.95. The van der Waals surface area contributed by atoms with Crippen molar-refractivity contribution in [1.82, 2.24) is 0 Å². The van der Waals surface area contributed by atoms with Gasteiger partial charge >= 0.3 is 0 Å². The first-order valence-corrected chi connectivity index (χ1v) is 6.99. The van der Waals surface area contributed by atoms with Crippen molar-refractivity contribution in [2.45, 2.75) is 6.92 Å². The predicted molar refractivity (Wildman–Crippen MR) is 81.8 cm³/mol. The third kappa shape index (κ3) is 4.02. The summed E-state index contributed by atoms with van der Waals surface area (Å²) in [6.45, 7) is 2.54. The van der Waals surface area contributed by atoms with E-state index < -0.39 is 0 Å². The molecule has 98 valence electrons. The largest absolute Gasteiger partial charge is 0.490 e. The first-order valence-electron chi connectivity index (χ1n) is 6.18. The molecule has 0 aliphatic carbocycles. The van der Waals surface area contributed by atoms with Gasteiger partial charge in [-0.1, -0.05) is 24.0 Å². The van der Waals surface area contributed by atoms with E-state index in [-0.39, 0.29) is 0 Å². The number of hydrogen-bond donors (Lipinski definition) is 0. The summed E-state index contributed by atoms with van der Waals surface area (Å²) in [5, 5.41) is 8.75. The van der Waals surface area contributed by atoms with Gasteiger partial charge in [0.05, 0.1) is 4.88 Å². The van der Waals surface area contributed by atoms with Gasteiger partial charge in [-0.05, 0) is 43.3 Å². The fourth-order valence-corrected chi connectivity index (χ4v) is 2.13. The van der Waals surface area contributed by atoms with Crippen LogP contribution in [0.15, 0.2) is 48.6 Å². The van der Waals surface area contributed by atoms with Crippen molar-refractivity contribution in [2.75, 3.05) is 6.61 Å². The van der Waals surface area contributed by atoms with Gasteiger partial charge < -0.3 is 4.74 Å². The minimum atomic E-state index is 0.577. The molecule has 0 radical (unpaired) electrons. The number of rotatable bonds is 3. The molecule has 2 nitrogen and oxygen atoms in total. The molecular weight excluding hydrogens is 266 g/mol. The predicted octanol–water partition coefficient (Wildman–Crippen LogP) is 3.97. The molecule has 0 aliphatic rings. The Morgan fingerprint density at radius 2 is 1.85 bits per heavy atom. The second-order valence-corrected chi connectivity index (χ2v) is 5.01. The van der Waals surface area contributed by atoms with Crippen LogP contribution < -0.4 is 4.74 Å². The molecule has 0 N–H and O–H groups in total. The number of thiophene rings is 1. The molecule has 2 rings (SSSR count). The van der Waals surface area contributed by atoms with Crippen LogP contribution in [0.2, 0.25) is 0 Å². The number of nitriles is 1. The fourth-order valence-electron chi connectivity index (χ4n) is 1.47. The molecule has 0 saturated heterocycles. The standard InChI is InChI=1S/C17H13NOS/c1-2-3-12-19-15-7-4-14(5-8-15)6-9-16-10-11-17(13-18)20-16/h2-5,7-8,10-11H,12H2,1H3/b3-2+. The Kier molecular flexibility index (Phi) is 5.00. The Hall–Kier alpha value is -2.49. The molecule has 0 atom stereocenters. The summed E-state index contributed by atoms with van der Waals surface area (Å²) in [4.78, 5) is 1.58. The number of nitrogens with zero attached hydrogens (tertiary/aromatic N) is 1. The van der Waals surface area contributed by atoms with E-state index in [1.54, 1.807) is 6.07 Å². The maximum atomic E-state index is 8.75. The molecule has 0 unspecified atom stereocenters. The molecular formula is C17H13NOS. The van der Waals surface area contributed by atoms with Crippen molar-refractivity contribution >= 4 is 11.3 Å². The van der Waals surface area contributed by atoms with Crippen LogP contribution in [-0.4, -0.2) is 6.61 Å². The van der Waals surface area contributed by atoms with Crippen LogP contribution in [0, 0.1) is 23.2 Å². The third-order valence-electron chi connectivity index (χ3n) is 2.48. The van der Waals surface area contributed by atoms with Gasteiger partial charge in [0, 0.05) is 5.56 Å². The van der Waals surface area contributed by atoms with E-state index in [9.17, 15) is 0 Å². The van der Waals surface area contributed by atoms with E-state index in [2.05, 4.69) is 17.9 Å². The van der Waals surface area contributed by atoms with Crippen LogP contribution in [0.4, 0.5) is 0 Å². The van der Waals surface area contributed by atoms with E-state index >= 15 is 0 Å². The van der Waals surface area contributed by atoms with Crippen LogP contribution in [-0.2, 0) is 0 Å². The lowest BCUT2D eigenvalue weighted by Crippen LogP contribution is -1.92. The van der Waals surface area contributed by atoms with Gasteiger partial charge in [-0.15, -0.1) is 11.3 Å². The Labute approximate surface area is 122 Å². The van der Waals surface area contributed by atoms with E-state index in [1.807, 2.05) is 49.4 Å². The first-order chi connectivity index (χ1) is 9.81. The minimum absolute atomic E-state index is 0.577. The summed E-state index contributed by atoms with van der Waals surface area (Å²) in [6.07, 6.45) is 3.91. The topological polar surface area (TPSA) is 33.0 Å². The molecule has 0 saturated carbocycles. The van der Waals surface area contributed by atoms with Crippen molar-refractivity contribution < 1.29 is 4.74 Å². The molecule has 0 aliphatic heterocycles. The maximum absolute atomic E-state index is 8.75. The van der Waals surface area contributed by atoms with Crippen molar-refractivity contribution in [1.29, 1.82) is 5.26 Å². The van der Waals surface area contributed by atoms with Crippen LogP contribution in [0.1, 0.15) is 22.2 Å². The monoisotopic (exact) mass is 279 g/mol. The molecule has 3 heteroatoms. The Morgan fingerprint density at radius 3 is 2.50 bits per heavy atom. The normalized spacial score (nSPS) is 9.80. The van der Waals surface area contributed by atoms with Crippen molar-refractivity contribution in [3.63, 3.8) is 0 Å². The minimum Gasteiger partial charge on any atom is -0.490 e. The molecule has 1 aromatic carbocycles. The van der Waals surface area contributed by atoms with E-state index in [1.165, 1.54) is 11.3 Å². The molecule has 20 heavy (non-hydrogen) atoms. The fraction of sp³-hybridized carbons (Fsp3) is 0.118. The van der Waals surface area contributed by atoms with Gasteiger partial charge in [0.2, 0.25) is 0 Å². The van der Waals surface area contributed by atoms with Crippen molar-refractivity contribution in [3.05, 3.63) is 63.9 Å². The second kappa shape index (κ2) is 7.19.